The zero-order chi connectivity index (χ0) is 15.2. The molecule has 1 aliphatic carbocycles. The van der Waals surface area contributed by atoms with Crippen molar-refractivity contribution < 1.29 is 9.90 Å². The lowest BCUT2D eigenvalue weighted by Gasteiger charge is -2.37. The Morgan fingerprint density at radius 1 is 1.48 bits per heavy atom. The second kappa shape index (κ2) is 8.20. The smallest absolute Gasteiger partial charge is 0.233 e. The number of halogens is 1. The first kappa shape index (κ1) is 16.8. The van der Waals surface area contributed by atoms with Gasteiger partial charge in [-0.05, 0) is 56.4 Å². The first-order valence-electron chi connectivity index (χ1n) is 7.41. The Morgan fingerprint density at radius 2 is 2.24 bits per heavy atom. The molecule has 1 aliphatic rings. The molecule has 0 aromatic heterocycles. The molecule has 21 heavy (non-hydrogen) atoms. The fourth-order valence-electron chi connectivity index (χ4n) is 2.45. The predicted molar refractivity (Wildman–Crippen MR) is 90.7 cm³/mol. The summed E-state index contributed by atoms with van der Waals surface area (Å²) in [5, 5.41) is 8.99. The molecular formula is C16H22BrNO2S. The van der Waals surface area contributed by atoms with Gasteiger partial charge in [-0.3, -0.25) is 4.79 Å². The second-order valence-electron chi connectivity index (χ2n) is 5.45. The molecule has 2 rings (SSSR count). The largest absolute Gasteiger partial charge is 0.396 e. The Labute approximate surface area is 139 Å². The molecule has 1 saturated carbocycles. The van der Waals surface area contributed by atoms with Crippen molar-refractivity contribution in [1.82, 2.24) is 4.90 Å². The van der Waals surface area contributed by atoms with E-state index < -0.39 is 0 Å². The van der Waals surface area contributed by atoms with Gasteiger partial charge in [-0.25, -0.2) is 0 Å². The number of aryl methyl sites for hydroxylation is 1. The van der Waals surface area contributed by atoms with E-state index in [-0.39, 0.29) is 12.5 Å². The van der Waals surface area contributed by atoms with Crippen LogP contribution in [0.25, 0.3) is 0 Å². The van der Waals surface area contributed by atoms with Gasteiger partial charge in [0.1, 0.15) is 0 Å². The predicted octanol–water partition coefficient (Wildman–Crippen LogP) is 3.61. The van der Waals surface area contributed by atoms with Crippen LogP contribution in [0.3, 0.4) is 0 Å². The fourth-order valence-corrected chi connectivity index (χ4v) is 3.82. The SMILES string of the molecule is Cc1cc(Br)ccc1SCC(=O)N(CCCO)C1CCC1. The molecule has 0 saturated heterocycles. The third-order valence-corrected chi connectivity index (χ3v) is 5.53. The highest BCUT2D eigenvalue weighted by Crippen LogP contribution is 2.28. The van der Waals surface area contributed by atoms with Crippen LogP contribution in [0.2, 0.25) is 0 Å². The molecule has 0 heterocycles. The van der Waals surface area contributed by atoms with E-state index >= 15 is 0 Å². The second-order valence-corrected chi connectivity index (χ2v) is 7.38. The lowest BCUT2D eigenvalue weighted by atomic mass is 9.91. The van der Waals surface area contributed by atoms with Crippen molar-refractivity contribution in [3.63, 3.8) is 0 Å². The first-order valence-corrected chi connectivity index (χ1v) is 9.19. The summed E-state index contributed by atoms with van der Waals surface area (Å²) in [5.74, 6) is 0.671. The molecule has 0 bridgehead atoms. The first-order chi connectivity index (χ1) is 10.1. The Bertz CT molecular complexity index is 491. The van der Waals surface area contributed by atoms with Crippen LogP contribution in [-0.2, 0) is 4.79 Å². The number of carbonyl (C=O) groups excluding carboxylic acids is 1. The van der Waals surface area contributed by atoms with Gasteiger partial charge < -0.3 is 10.0 Å². The summed E-state index contributed by atoms with van der Waals surface area (Å²) in [4.78, 5) is 15.6. The monoisotopic (exact) mass is 371 g/mol. The van der Waals surface area contributed by atoms with E-state index in [4.69, 9.17) is 5.11 Å². The lowest BCUT2D eigenvalue weighted by Crippen LogP contribution is -2.45. The highest BCUT2D eigenvalue weighted by atomic mass is 79.9. The topological polar surface area (TPSA) is 40.5 Å². The van der Waals surface area contributed by atoms with E-state index in [2.05, 4.69) is 35.0 Å². The molecule has 0 spiro atoms. The van der Waals surface area contributed by atoms with E-state index in [1.54, 1.807) is 11.8 Å². The number of amides is 1. The Kier molecular flexibility index (Phi) is 6.58. The molecule has 0 radical (unpaired) electrons. The van der Waals surface area contributed by atoms with E-state index in [1.807, 2.05) is 11.0 Å². The van der Waals surface area contributed by atoms with Gasteiger partial charge in [0.05, 0.1) is 5.75 Å². The molecule has 1 amide bonds. The number of thioether (sulfide) groups is 1. The van der Waals surface area contributed by atoms with Crippen molar-refractivity contribution in [3.8, 4) is 0 Å². The van der Waals surface area contributed by atoms with Gasteiger partial charge in [0, 0.05) is 28.6 Å². The van der Waals surface area contributed by atoms with Crippen molar-refractivity contribution in [2.24, 2.45) is 0 Å². The number of benzene rings is 1. The van der Waals surface area contributed by atoms with Crippen molar-refractivity contribution in [2.75, 3.05) is 18.9 Å². The molecule has 0 unspecified atom stereocenters. The molecule has 1 aromatic carbocycles. The zero-order valence-electron chi connectivity index (χ0n) is 12.3. The highest BCUT2D eigenvalue weighted by molar-refractivity contribution is 9.10. The summed E-state index contributed by atoms with van der Waals surface area (Å²) >= 11 is 5.06. The number of hydrogen-bond donors (Lipinski definition) is 1. The summed E-state index contributed by atoms with van der Waals surface area (Å²) in [6.45, 7) is 2.89. The maximum absolute atomic E-state index is 12.4. The minimum Gasteiger partial charge on any atom is -0.396 e. The number of hydrogen-bond acceptors (Lipinski definition) is 3. The van der Waals surface area contributed by atoms with Crippen LogP contribution in [0, 0.1) is 6.92 Å². The standard InChI is InChI=1S/C16H22BrNO2S/c1-12-10-13(17)6-7-15(12)21-11-16(20)18(8-3-9-19)14-4-2-5-14/h6-7,10,14,19H,2-5,8-9,11H2,1H3. The zero-order valence-corrected chi connectivity index (χ0v) is 14.8. The summed E-state index contributed by atoms with van der Waals surface area (Å²) in [6, 6.07) is 6.53. The number of aliphatic hydroxyl groups is 1. The van der Waals surface area contributed by atoms with Crippen molar-refractivity contribution in [3.05, 3.63) is 28.2 Å². The van der Waals surface area contributed by atoms with Crippen molar-refractivity contribution >= 4 is 33.6 Å². The molecule has 5 heteroatoms. The van der Waals surface area contributed by atoms with E-state index in [9.17, 15) is 4.79 Å². The Morgan fingerprint density at radius 3 is 2.81 bits per heavy atom. The minimum absolute atomic E-state index is 0.148. The van der Waals surface area contributed by atoms with Gasteiger partial charge in [0.2, 0.25) is 5.91 Å². The number of carbonyl (C=O) groups is 1. The van der Waals surface area contributed by atoms with Crippen molar-refractivity contribution in [1.29, 1.82) is 0 Å². The summed E-state index contributed by atoms with van der Waals surface area (Å²) < 4.78 is 1.06. The maximum Gasteiger partial charge on any atom is 0.233 e. The number of rotatable bonds is 7. The van der Waals surface area contributed by atoms with Gasteiger partial charge in [-0.1, -0.05) is 15.9 Å². The van der Waals surface area contributed by atoms with E-state index in [1.165, 1.54) is 12.0 Å². The summed E-state index contributed by atoms with van der Waals surface area (Å²) in [7, 11) is 0. The molecule has 1 aromatic rings. The quantitative estimate of drug-likeness (QED) is 0.744. The van der Waals surface area contributed by atoms with E-state index in [0.717, 1.165) is 22.2 Å². The highest BCUT2D eigenvalue weighted by Gasteiger charge is 2.28. The Balaban J connectivity index is 1.91. The van der Waals surface area contributed by atoms with Gasteiger partial charge in [0.15, 0.2) is 0 Å². The van der Waals surface area contributed by atoms with Gasteiger partial charge in [-0.2, -0.15) is 0 Å². The lowest BCUT2D eigenvalue weighted by molar-refractivity contribution is -0.132. The molecule has 3 nitrogen and oxygen atoms in total. The van der Waals surface area contributed by atoms with Crippen LogP contribution in [0.1, 0.15) is 31.2 Å². The normalized spacial score (nSPS) is 14.8. The molecular weight excluding hydrogens is 350 g/mol. The average molecular weight is 372 g/mol. The minimum atomic E-state index is 0.148. The number of nitrogens with zero attached hydrogens (tertiary/aromatic N) is 1. The van der Waals surface area contributed by atoms with Crippen LogP contribution in [-0.4, -0.2) is 40.9 Å². The van der Waals surface area contributed by atoms with Crippen LogP contribution in [0.5, 0.6) is 0 Å². The third-order valence-electron chi connectivity index (χ3n) is 3.88. The van der Waals surface area contributed by atoms with Gasteiger partial charge in [0.25, 0.3) is 0 Å². The molecule has 1 N–H and O–H groups in total. The third kappa shape index (κ3) is 4.73. The Hall–Kier alpha value is -0.520. The molecule has 116 valence electrons. The van der Waals surface area contributed by atoms with Gasteiger partial charge >= 0.3 is 0 Å². The average Bonchev–Trinajstić information content (AvgIpc) is 2.40. The van der Waals surface area contributed by atoms with Gasteiger partial charge in [-0.15, -0.1) is 11.8 Å². The van der Waals surface area contributed by atoms with Crippen LogP contribution in [0.4, 0.5) is 0 Å². The van der Waals surface area contributed by atoms with Crippen LogP contribution < -0.4 is 0 Å². The van der Waals surface area contributed by atoms with Crippen molar-refractivity contribution in [2.45, 2.75) is 43.5 Å². The summed E-state index contributed by atoms with van der Waals surface area (Å²) in [6.07, 6.45) is 4.11. The summed E-state index contributed by atoms with van der Waals surface area (Å²) in [5.41, 5.74) is 1.19. The molecule has 1 fully saturated rings. The molecule has 0 aliphatic heterocycles. The maximum atomic E-state index is 12.4. The number of aliphatic hydroxyl groups excluding tert-OH is 1. The fraction of sp³-hybridized carbons (Fsp3) is 0.562. The van der Waals surface area contributed by atoms with E-state index in [0.29, 0.717) is 24.8 Å². The van der Waals surface area contributed by atoms with Crippen LogP contribution in [0.15, 0.2) is 27.6 Å². The van der Waals surface area contributed by atoms with Crippen LogP contribution >= 0.6 is 27.7 Å². The molecule has 0 atom stereocenters.